The summed E-state index contributed by atoms with van der Waals surface area (Å²) in [6.45, 7) is -0.0805. The quantitative estimate of drug-likeness (QED) is 0.301. The van der Waals surface area contributed by atoms with Gasteiger partial charge in [-0.25, -0.2) is 4.79 Å². The average Bonchev–Trinajstić information content (AvgIpc) is 2.02. The van der Waals surface area contributed by atoms with E-state index in [2.05, 4.69) is 22.3 Å². The summed E-state index contributed by atoms with van der Waals surface area (Å²) in [5, 5.41) is -3.92. The molecule has 5 heteroatoms. The summed E-state index contributed by atoms with van der Waals surface area (Å²) in [5.74, 6) is 0.658. The number of esters is 1. The molecule has 0 radical (unpaired) electrons. The maximum atomic E-state index is 11.9. The molecule has 0 aromatic heterocycles. The van der Waals surface area contributed by atoms with Gasteiger partial charge in [0.15, 0.2) is 0 Å². The van der Waals surface area contributed by atoms with Crippen molar-refractivity contribution in [3.8, 4) is 12.3 Å². The molecule has 0 aliphatic heterocycles. The van der Waals surface area contributed by atoms with Gasteiger partial charge in [0.2, 0.25) is 0 Å². The highest BCUT2D eigenvalue weighted by atomic mass is 35.5. The third kappa shape index (κ3) is 6.35. The molecule has 0 atom stereocenters. The van der Waals surface area contributed by atoms with Gasteiger partial charge in [0.05, 0.1) is 6.61 Å². The lowest BCUT2D eigenvalue weighted by Gasteiger charge is -2.07. The number of ether oxygens (including phenoxy) is 1. The molecule has 0 aliphatic carbocycles. The molecule has 0 spiro atoms. The predicted octanol–water partition coefficient (Wildman–Crippen LogP) is 2.16. The van der Waals surface area contributed by atoms with Crippen LogP contribution in [0.15, 0.2) is 0 Å². The van der Waals surface area contributed by atoms with E-state index >= 15 is 0 Å². The zero-order chi connectivity index (χ0) is 10.3. The van der Waals surface area contributed by atoms with Gasteiger partial charge in [-0.2, -0.15) is 8.78 Å². The molecule has 2 nitrogen and oxygen atoms in total. The molecule has 0 bridgehead atoms. The molecule has 0 aromatic carbocycles. The van der Waals surface area contributed by atoms with Crippen LogP contribution in [0.25, 0.3) is 0 Å². The van der Waals surface area contributed by atoms with Crippen molar-refractivity contribution in [1.82, 2.24) is 0 Å². The first-order chi connectivity index (χ1) is 5.98. The third-order valence-electron chi connectivity index (χ3n) is 1.18. The maximum Gasteiger partial charge on any atom is 0.417 e. The van der Waals surface area contributed by atoms with Gasteiger partial charge >= 0.3 is 11.4 Å². The van der Waals surface area contributed by atoms with Crippen LogP contribution >= 0.6 is 11.6 Å². The minimum atomic E-state index is -3.92. The van der Waals surface area contributed by atoms with Crippen LogP contribution in [0, 0.1) is 12.3 Å². The van der Waals surface area contributed by atoms with E-state index in [1.807, 2.05) is 0 Å². The number of alkyl halides is 3. The van der Waals surface area contributed by atoms with E-state index in [4.69, 9.17) is 6.42 Å². The SMILES string of the molecule is C#CCCCCOC(=O)C(F)(F)Cl. The lowest BCUT2D eigenvalue weighted by atomic mass is 10.2. The molecular weight excluding hydrogens is 202 g/mol. The van der Waals surface area contributed by atoms with E-state index in [1.54, 1.807) is 0 Å². The molecule has 0 heterocycles. The van der Waals surface area contributed by atoms with Gasteiger partial charge in [0.1, 0.15) is 0 Å². The number of unbranched alkanes of at least 4 members (excludes halogenated alkanes) is 2. The summed E-state index contributed by atoms with van der Waals surface area (Å²) in [5.41, 5.74) is 0. The minimum Gasteiger partial charge on any atom is -0.460 e. The van der Waals surface area contributed by atoms with E-state index in [1.165, 1.54) is 0 Å². The fourth-order valence-electron chi connectivity index (χ4n) is 0.576. The van der Waals surface area contributed by atoms with Crippen molar-refractivity contribution in [2.24, 2.45) is 0 Å². The molecular formula is C8H9ClF2O2. The second-order valence-corrected chi connectivity index (χ2v) is 2.77. The number of hydrogen-bond acceptors (Lipinski definition) is 2. The van der Waals surface area contributed by atoms with Crippen LogP contribution in [0.5, 0.6) is 0 Å². The highest BCUT2D eigenvalue weighted by Gasteiger charge is 2.37. The van der Waals surface area contributed by atoms with Crippen LogP contribution in [0.1, 0.15) is 19.3 Å². The number of terminal acetylenes is 1. The van der Waals surface area contributed by atoms with Gasteiger partial charge < -0.3 is 4.74 Å². The standard InChI is InChI=1S/C8H9ClF2O2/c1-2-3-4-5-6-13-7(12)8(9,10)11/h1H,3-6H2. The number of halogens is 3. The van der Waals surface area contributed by atoms with Crippen LogP contribution < -0.4 is 0 Å². The van der Waals surface area contributed by atoms with Crippen molar-refractivity contribution in [1.29, 1.82) is 0 Å². The second kappa shape index (κ2) is 5.76. The fourth-order valence-corrected chi connectivity index (χ4v) is 0.630. The van der Waals surface area contributed by atoms with Crippen molar-refractivity contribution in [2.45, 2.75) is 24.6 Å². The maximum absolute atomic E-state index is 11.9. The van der Waals surface area contributed by atoms with Crippen LogP contribution in [0.2, 0.25) is 0 Å². The normalized spacial score (nSPS) is 10.6. The molecule has 0 aromatic rings. The minimum absolute atomic E-state index is 0.0805. The lowest BCUT2D eigenvalue weighted by molar-refractivity contribution is -0.161. The zero-order valence-electron chi connectivity index (χ0n) is 6.86. The van der Waals surface area contributed by atoms with Crippen molar-refractivity contribution >= 4 is 17.6 Å². The Bertz CT molecular complexity index is 205. The molecule has 0 saturated heterocycles. The van der Waals surface area contributed by atoms with Crippen molar-refractivity contribution in [3.63, 3.8) is 0 Å². The van der Waals surface area contributed by atoms with Crippen molar-refractivity contribution in [3.05, 3.63) is 0 Å². The highest BCUT2D eigenvalue weighted by Crippen LogP contribution is 2.20. The molecule has 0 saturated carbocycles. The molecule has 0 aliphatic rings. The molecule has 0 fully saturated rings. The summed E-state index contributed by atoms with van der Waals surface area (Å²) in [4.78, 5) is 10.4. The number of carbonyl (C=O) groups excluding carboxylic acids is 1. The van der Waals surface area contributed by atoms with Crippen LogP contribution in [-0.2, 0) is 9.53 Å². The van der Waals surface area contributed by atoms with E-state index in [0.29, 0.717) is 19.3 Å². The molecule has 0 unspecified atom stereocenters. The first kappa shape index (κ1) is 12.2. The van der Waals surface area contributed by atoms with Gasteiger partial charge in [-0.1, -0.05) is 0 Å². The first-order valence-corrected chi connectivity index (χ1v) is 4.03. The Morgan fingerprint density at radius 1 is 1.54 bits per heavy atom. The van der Waals surface area contributed by atoms with E-state index in [-0.39, 0.29) is 6.61 Å². The molecule has 0 rings (SSSR count). The first-order valence-electron chi connectivity index (χ1n) is 3.66. The Kier molecular flexibility index (Phi) is 5.40. The van der Waals surface area contributed by atoms with E-state index in [9.17, 15) is 13.6 Å². The molecule has 74 valence electrons. The molecule has 0 N–H and O–H groups in total. The Hall–Kier alpha value is -0.820. The van der Waals surface area contributed by atoms with E-state index < -0.39 is 11.4 Å². The smallest absolute Gasteiger partial charge is 0.417 e. The summed E-state index contributed by atoms with van der Waals surface area (Å²) in [7, 11) is 0. The van der Waals surface area contributed by atoms with Gasteiger partial charge in [-0.05, 0) is 24.4 Å². The van der Waals surface area contributed by atoms with Crippen molar-refractivity contribution in [2.75, 3.05) is 6.61 Å². The fraction of sp³-hybridized carbons (Fsp3) is 0.625. The van der Waals surface area contributed by atoms with Gasteiger partial charge in [-0.3, -0.25) is 0 Å². The second-order valence-electron chi connectivity index (χ2n) is 2.29. The largest absolute Gasteiger partial charge is 0.460 e. The third-order valence-corrected chi connectivity index (χ3v) is 1.33. The Labute approximate surface area is 80.2 Å². The van der Waals surface area contributed by atoms with Crippen LogP contribution in [0.4, 0.5) is 8.78 Å². The van der Waals surface area contributed by atoms with Crippen LogP contribution in [-0.4, -0.2) is 18.0 Å². The van der Waals surface area contributed by atoms with Gasteiger partial charge in [-0.15, -0.1) is 12.3 Å². The number of rotatable bonds is 5. The van der Waals surface area contributed by atoms with E-state index in [0.717, 1.165) is 0 Å². The molecule has 13 heavy (non-hydrogen) atoms. The lowest BCUT2D eigenvalue weighted by Crippen LogP contribution is -2.24. The summed E-state index contributed by atoms with van der Waals surface area (Å²) < 4.78 is 28.1. The summed E-state index contributed by atoms with van der Waals surface area (Å²) >= 11 is 4.38. The molecule has 0 amide bonds. The van der Waals surface area contributed by atoms with Crippen LogP contribution in [0.3, 0.4) is 0 Å². The Morgan fingerprint density at radius 2 is 2.15 bits per heavy atom. The Balaban J connectivity index is 3.45. The highest BCUT2D eigenvalue weighted by molar-refractivity contribution is 6.31. The zero-order valence-corrected chi connectivity index (χ0v) is 7.61. The van der Waals surface area contributed by atoms with Gasteiger partial charge in [0, 0.05) is 6.42 Å². The number of carbonyl (C=O) groups is 1. The Morgan fingerprint density at radius 3 is 2.62 bits per heavy atom. The summed E-state index contributed by atoms with van der Waals surface area (Å²) in [6.07, 6.45) is 6.58. The monoisotopic (exact) mass is 210 g/mol. The topological polar surface area (TPSA) is 26.3 Å². The van der Waals surface area contributed by atoms with Crippen molar-refractivity contribution < 1.29 is 18.3 Å². The summed E-state index contributed by atoms with van der Waals surface area (Å²) in [6, 6.07) is 0. The predicted molar refractivity (Wildman–Crippen MR) is 44.4 cm³/mol. The average molecular weight is 211 g/mol. The number of hydrogen-bond donors (Lipinski definition) is 0. The van der Waals surface area contributed by atoms with Gasteiger partial charge in [0.25, 0.3) is 0 Å².